The zero-order chi connectivity index (χ0) is 10.6. The van der Waals surface area contributed by atoms with Gasteiger partial charge in [-0.05, 0) is 0 Å². The number of aliphatic imine (C=N–C) groups is 1. The van der Waals surface area contributed by atoms with Crippen LogP contribution in [0, 0.1) is 16.7 Å². The van der Waals surface area contributed by atoms with Gasteiger partial charge in [0.25, 0.3) is 0 Å². The molecule has 1 unspecified atom stereocenters. The molecule has 1 saturated heterocycles. The van der Waals surface area contributed by atoms with E-state index >= 15 is 0 Å². The van der Waals surface area contributed by atoms with Gasteiger partial charge in [0.1, 0.15) is 0 Å². The number of nitrogens with one attached hydrogen (secondary N) is 1. The van der Waals surface area contributed by atoms with Crippen LogP contribution >= 0.6 is 0 Å². The first-order valence-corrected chi connectivity index (χ1v) is 4.08. The number of nitrogens with two attached hydrogens (primary N) is 2. The van der Waals surface area contributed by atoms with Crippen LogP contribution in [0.5, 0.6) is 0 Å². The lowest BCUT2D eigenvalue weighted by molar-refractivity contribution is 0.0258. The Kier molecular flexibility index (Phi) is 3.25. The number of guanidine groups is 2. The molecule has 14 heavy (non-hydrogen) atoms. The SMILES string of the molecule is N#CC1CN(C(=N)N=C(N)N)CCO1. The summed E-state index contributed by atoms with van der Waals surface area (Å²) in [6.07, 6.45) is -0.515. The van der Waals surface area contributed by atoms with Crippen molar-refractivity contribution in [3.8, 4) is 6.07 Å². The van der Waals surface area contributed by atoms with E-state index < -0.39 is 6.10 Å². The Morgan fingerprint density at radius 2 is 2.36 bits per heavy atom. The first-order valence-electron chi connectivity index (χ1n) is 4.08. The summed E-state index contributed by atoms with van der Waals surface area (Å²) in [7, 11) is 0. The fraction of sp³-hybridized carbons (Fsp3) is 0.571. The van der Waals surface area contributed by atoms with Crippen molar-refractivity contribution in [1.29, 1.82) is 10.7 Å². The van der Waals surface area contributed by atoms with E-state index in [0.717, 1.165) is 0 Å². The van der Waals surface area contributed by atoms with E-state index in [1.807, 2.05) is 6.07 Å². The van der Waals surface area contributed by atoms with E-state index in [-0.39, 0.29) is 11.9 Å². The highest BCUT2D eigenvalue weighted by molar-refractivity contribution is 5.91. The molecule has 7 heteroatoms. The molecule has 7 nitrogen and oxygen atoms in total. The van der Waals surface area contributed by atoms with Crippen molar-refractivity contribution in [3.63, 3.8) is 0 Å². The maximum absolute atomic E-state index is 8.62. The number of morpholine rings is 1. The van der Waals surface area contributed by atoms with Crippen LogP contribution in [0.2, 0.25) is 0 Å². The summed E-state index contributed by atoms with van der Waals surface area (Å²) in [5, 5.41) is 16.1. The number of nitrogens with zero attached hydrogens (tertiary/aromatic N) is 3. The number of hydrogen-bond donors (Lipinski definition) is 3. The van der Waals surface area contributed by atoms with Crippen molar-refractivity contribution >= 4 is 11.9 Å². The summed E-state index contributed by atoms with van der Waals surface area (Å²) in [5.74, 6) is -0.191. The highest BCUT2D eigenvalue weighted by Gasteiger charge is 2.21. The maximum Gasteiger partial charge on any atom is 0.221 e. The summed E-state index contributed by atoms with van der Waals surface area (Å²) < 4.78 is 5.10. The molecule has 5 N–H and O–H groups in total. The molecule has 1 aliphatic rings. The number of rotatable bonds is 0. The molecule has 0 aromatic rings. The van der Waals surface area contributed by atoms with Crippen molar-refractivity contribution in [1.82, 2.24) is 4.90 Å². The van der Waals surface area contributed by atoms with Crippen LogP contribution in [0.1, 0.15) is 0 Å². The fourth-order valence-corrected chi connectivity index (χ4v) is 1.11. The van der Waals surface area contributed by atoms with Crippen LogP contribution in [0.4, 0.5) is 0 Å². The summed E-state index contributed by atoms with van der Waals surface area (Å²) in [6.45, 7) is 1.25. The Balaban J connectivity index is 2.57. The Morgan fingerprint density at radius 3 is 2.93 bits per heavy atom. The van der Waals surface area contributed by atoms with Gasteiger partial charge in [-0.25, -0.2) is 0 Å². The third-order valence-corrected chi connectivity index (χ3v) is 1.74. The molecule has 1 heterocycles. The van der Waals surface area contributed by atoms with Crippen molar-refractivity contribution in [2.45, 2.75) is 6.10 Å². The van der Waals surface area contributed by atoms with Crippen LogP contribution in [-0.2, 0) is 4.74 Å². The topological polar surface area (TPSA) is 125 Å². The first-order chi connectivity index (χ1) is 6.63. The highest BCUT2D eigenvalue weighted by atomic mass is 16.5. The minimum atomic E-state index is -0.515. The molecule has 0 bridgehead atoms. The monoisotopic (exact) mass is 196 g/mol. The third-order valence-electron chi connectivity index (χ3n) is 1.74. The molecule has 1 aliphatic heterocycles. The van der Waals surface area contributed by atoms with Gasteiger partial charge >= 0.3 is 0 Å². The molecule has 0 aliphatic carbocycles. The zero-order valence-corrected chi connectivity index (χ0v) is 7.60. The minimum absolute atomic E-state index is 0.0337. The number of ether oxygens (including phenoxy) is 1. The summed E-state index contributed by atoms with van der Waals surface area (Å²) in [5.41, 5.74) is 10.3. The van der Waals surface area contributed by atoms with Crippen molar-refractivity contribution < 1.29 is 4.74 Å². The molecular weight excluding hydrogens is 184 g/mol. The van der Waals surface area contributed by atoms with E-state index in [9.17, 15) is 0 Å². The Hall–Kier alpha value is -1.81. The number of hydrogen-bond acceptors (Lipinski definition) is 3. The molecule has 0 aromatic carbocycles. The molecule has 1 rings (SSSR count). The second kappa shape index (κ2) is 4.43. The molecule has 0 spiro atoms. The fourth-order valence-electron chi connectivity index (χ4n) is 1.11. The molecule has 0 saturated carbocycles. The molecule has 1 atom stereocenters. The second-order valence-corrected chi connectivity index (χ2v) is 2.79. The molecule has 0 aromatic heterocycles. The van der Waals surface area contributed by atoms with Crippen molar-refractivity contribution in [2.75, 3.05) is 19.7 Å². The predicted octanol–water partition coefficient (Wildman–Crippen LogP) is -1.58. The van der Waals surface area contributed by atoms with Crippen LogP contribution < -0.4 is 11.5 Å². The van der Waals surface area contributed by atoms with Gasteiger partial charge < -0.3 is 21.1 Å². The summed E-state index contributed by atoms with van der Waals surface area (Å²) in [4.78, 5) is 5.18. The largest absolute Gasteiger partial charge is 0.370 e. The Labute approximate surface area is 81.4 Å². The average molecular weight is 196 g/mol. The quantitative estimate of drug-likeness (QED) is 0.318. The average Bonchev–Trinajstić information content (AvgIpc) is 2.17. The van der Waals surface area contributed by atoms with Gasteiger partial charge in [0, 0.05) is 6.54 Å². The van der Waals surface area contributed by atoms with Crippen LogP contribution in [0.3, 0.4) is 0 Å². The maximum atomic E-state index is 8.62. The third kappa shape index (κ3) is 2.60. The molecule has 1 fully saturated rings. The molecule has 0 radical (unpaired) electrons. The Bertz CT molecular complexity index is 289. The summed E-state index contributed by atoms with van der Waals surface area (Å²) >= 11 is 0. The van der Waals surface area contributed by atoms with Gasteiger partial charge in [-0.1, -0.05) is 0 Å². The van der Waals surface area contributed by atoms with E-state index in [4.69, 9.17) is 26.9 Å². The van der Waals surface area contributed by atoms with Gasteiger partial charge in [0.2, 0.25) is 5.96 Å². The first kappa shape index (κ1) is 10.3. The number of nitriles is 1. The smallest absolute Gasteiger partial charge is 0.221 e. The van der Waals surface area contributed by atoms with E-state index in [1.54, 1.807) is 4.90 Å². The molecule has 0 amide bonds. The second-order valence-electron chi connectivity index (χ2n) is 2.79. The lowest BCUT2D eigenvalue weighted by Crippen LogP contribution is -2.45. The van der Waals surface area contributed by atoms with Crippen LogP contribution in [-0.4, -0.2) is 42.6 Å². The highest BCUT2D eigenvalue weighted by Crippen LogP contribution is 2.04. The van der Waals surface area contributed by atoms with Gasteiger partial charge in [0.05, 0.1) is 19.2 Å². The zero-order valence-electron chi connectivity index (χ0n) is 7.60. The van der Waals surface area contributed by atoms with E-state index in [1.165, 1.54) is 0 Å². The minimum Gasteiger partial charge on any atom is -0.370 e. The van der Waals surface area contributed by atoms with Gasteiger partial charge in [0.15, 0.2) is 12.1 Å². The summed E-state index contributed by atoms with van der Waals surface area (Å²) in [6, 6.07) is 1.97. The van der Waals surface area contributed by atoms with Gasteiger partial charge in [-0.15, -0.1) is 0 Å². The lowest BCUT2D eigenvalue weighted by Gasteiger charge is -2.29. The van der Waals surface area contributed by atoms with E-state index in [2.05, 4.69) is 4.99 Å². The van der Waals surface area contributed by atoms with Crippen molar-refractivity contribution in [2.24, 2.45) is 16.5 Å². The Morgan fingerprint density at radius 1 is 1.64 bits per heavy atom. The molecular formula is C7H12N6O. The lowest BCUT2D eigenvalue weighted by atomic mass is 10.3. The van der Waals surface area contributed by atoms with Gasteiger partial charge in [-0.2, -0.15) is 10.3 Å². The standard InChI is InChI=1S/C7H12N6O/c8-3-5-4-13(1-2-14-5)7(11)12-6(9)10/h5H,1-2,4H2,(H5,9,10,11,12). The van der Waals surface area contributed by atoms with E-state index in [0.29, 0.717) is 19.7 Å². The van der Waals surface area contributed by atoms with Crippen LogP contribution in [0.25, 0.3) is 0 Å². The predicted molar refractivity (Wildman–Crippen MR) is 50.5 cm³/mol. The van der Waals surface area contributed by atoms with Crippen LogP contribution in [0.15, 0.2) is 4.99 Å². The van der Waals surface area contributed by atoms with Crippen molar-refractivity contribution in [3.05, 3.63) is 0 Å². The van der Waals surface area contributed by atoms with Gasteiger partial charge in [-0.3, -0.25) is 5.41 Å². The molecule has 76 valence electrons. The normalized spacial score (nSPS) is 21.1.